The number of urea groups is 1. The molecule has 1 N–H and O–H groups in total. The summed E-state index contributed by atoms with van der Waals surface area (Å²) in [5, 5.41) is 7.47. The average Bonchev–Trinajstić information content (AvgIpc) is 3.02. The van der Waals surface area contributed by atoms with Crippen molar-refractivity contribution in [1.82, 2.24) is 14.7 Å². The third kappa shape index (κ3) is 5.43. The molecule has 0 aliphatic carbocycles. The van der Waals surface area contributed by atoms with Gasteiger partial charge in [0.05, 0.1) is 36.6 Å². The van der Waals surface area contributed by atoms with E-state index >= 15 is 0 Å². The molecular formula is C16H21ClN4O3. The van der Waals surface area contributed by atoms with E-state index < -0.39 is 0 Å². The lowest BCUT2D eigenvalue weighted by Gasteiger charge is -2.17. The highest BCUT2D eigenvalue weighted by Gasteiger charge is 2.10. The maximum Gasteiger partial charge on any atom is 0.321 e. The number of para-hydroxylation sites is 1. The summed E-state index contributed by atoms with van der Waals surface area (Å²) in [5.74, 6) is 0.604. The van der Waals surface area contributed by atoms with Crippen molar-refractivity contribution < 1.29 is 14.3 Å². The lowest BCUT2D eigenvalue weighted by atomic mass is 10.3. The standard InChI is InChI=1S/C16H21ClN4O3/c1-20(7-10-24-15-6-4-3-5-14(15)17)16(22)19-13-11-18-21(12-13)8-9-23-2/h3-6,11-12H,7-10H2,1-2H3,(H,19,22). The number of carbonyl (C=O) groups is 1. The fraction of sp³-hybridized carbons (Fsp3) is 0.375. The Morgan fingerprint density at radius 1 is 1.38 bits per heavy atom. The minimum Gasteiger partial charge on any atom is -0.490 e. The van der Waals surface area contributed by atoms with E-state index in [0.717, 1.165) is 0 Å². The lowest BCUT2D eigenvalue weighted by molar-refractivity contribution is 0.183. The van der Waals surface area contributed by atoms with E-state index in [4.69, 9.17) is 21.1 Å². The third-order valence-electron chi connectivity index (χ3n) is 3.28. The van der Waals surface area contributed by atoms with Gasteiger partial charge in [-0.15, -0.1) is 0 Å². The number of hydrogen-bond donors (Lipinski definition) is 1. The Labute approximate surface area is 146 Å². The van der Waals surface area contributed by atoms with Crippen molar-refractivity contribution in [2.24, 2.45) is 0 Å². The van der Waals surface area contributed by atoms with Crippen LogP contribution < -0.4 is 10.1 Å². The number of carbonyl (C=O) groups excluding carboxylic acids is 1. The molecular weight excluding hydrogens is 332 g/mol. The fourth-order valence-electron chi connectivity index (χ4n) is 1.91. The molecule has 2 rings (SSSR count). The molecule has 130 valence electrons. The summed E-state index contributed by atoms with van der Waals surface area (Å²) in [6.45, 7) is 1.97. The fourth-order valence-corrected chi connectivity index (χ4v) is 2.10. The van der Waals surface area contributed by atoms with E-state index in [2.05, 4.69) is 10.4 Å². The molecule has 24 heavy (non-hydrogen) atoms. The van der Waals surface area contributed by atoms with Crippen LogP contribution in [-0.4, -0.2) is 54.6 Å². The summed E-state index contributed by atoms with van der Waals surface area (Å²) in [5.41, 5.74) is 0.634. The summed E-state index contributed by atoms with van der Waals surface area (Å²) in [6, 6.07) is 7.00. The van der Waals surface area contributed by atoms with E-state index in [1.807, 2.05) is 12.1 Å². The van der Waals surface area contributed by atoms with Gasteiger partial charge in [0.15, 0.2) is 0 Å². The second kappa shape index (κ2) is 9.14. The van der Waals surface area contributed by atoms with E-state index in [0.29, 0.717) is 42.8 Å². The van der Waals surface area contributed by atoms with Crippen LogP contribution in [0.2, 0.25) is 5.02 Å². The Morgan fingerprint density at radius 3 is 2.92 bits per heavy atom. The number of rotatable bonds is 8. The van der Waals surface area contributed by atoms with Gasteiger partial charge in [0.2, 0.25) is 0 Å². The summed E-state index contributed by atoms with van der Waals surface area (Å²) in [6.07, 6.45) is 3.35. The van der Waals surface area contributed by atoms with E-state index in [1.165, 1.54) is 4.90 Å². The number of aromatic nitrogens is 2. The zero-order chi connectivity index (χ0) is 17.4. The van der Waals surface area contributed by atoms with Gasteiger partial charge in [-0.05, 0) is 12.1 Å². The van der Waals surface area contributed by atoms with Crippen LogP contribution >= 0.6 is 11.6 Å². The maximum absolute atomic E-state index is 12.1. The zero-order valence-corrected chi connectivity index (χ0v) is 14.5. The Kier molecular flexibility index (Phi) is 6.89. The topological polar surface area (TPSA) is 68.6 Å². The second-order valence-electron chi connectivity index (χ2n) is 5.12. The normalized spacial score (nSPS) is 10.5. The molecule has 0 spiro atoms. The number of anilines is 1. The summed E-state index contributed by atoms with van der Waals surface area (Å²) >= 11 is 6.01. The smallest absolute Gasteiger partial charge is 0.321 e. The van der Waals surface area contributed by atoms with Gasteiger partial charge in [0.25, 0.3) is 0 Å². The molecule has 0 saturated carbocycles. The van der Waals surface area contributed by atoms with E-state index in [1.54, 1.807) is 43.4 Å². The predicted molar refractivity (Wildman–Crippen MR) is 92.7 cm³/mol. The molecule has 2 aromatic rings. The monoisotopic (exact) mass is 352 g/mol. The van der Waals surface area contributed by atoms with Crippen LogP contribution in [0.4, 0.5) is 10.5 Å². The third-order valence-corrected chi connectivity index (χ3v) is 3.59. The van der Waals surface area contributed by atoms with E-state index in [9.17, 15) is 4.79 Å². The number of amides is 2. The van der Waals surface area contributed by atoms with Crippen molar-refractivity contribution in [1.29, 1.82) is 0 Å². The first kappa shape index (κ1) is 18.1. The van der Waals surface area contributed by atoms with Gasteiger partial charge in [-0.1, -0.05) is 23.7 Å². The second-order valence-corrected chi connectivity index (χ2v) is 5.52. The molecule has 0 radical (unpaired) electrons. The van der Waals surface area contributed by atoms with Gasteiger partial charge in [-0.25, -0.2) is 4.79 Å². The Hall–Kier alpha value is -2.25. The Balaban J connectivity index is 1.75. The predicted octanol–water partition coefficient (Wildman–Crippen LogP) is 2.73. The number of methoxy groups -OCH3 is 1. The average molecular weight is 353 g/mol. The molecule has 0 atom stereocenters. The van der Waals surface area contributed by atoms with Gasteiger partial charge in [0.1, 0.15) is 12.4 Å². The lowest BCUT2D eigenvalue weighted by Crippen LogP contribution is -2.34. The quantitative estimate of drug-likeness (QED) is 0.793. The first-order valence-electron chi connectivity index (χ1n) is 7.51. The number of likely N-dealkylation sites (N-methyl/N-ethyl adjacent to an activating group) is 1. The maximum atomic E-state index is 12.1. The highest BCUT2D eigenvalue weighted by molar-refractivity contribution is 6.32. The van der Waals surface area contributed by atoms with Crippen molar-refractivity contribution >= 4 is 23.3 Å². The van der Waals surface area contributed by atoms with Crippen molar-refractivity contribution in [3.63, 3.8) is 0 Å². The molecule has 0 bridgehead atoms. The molecule has 1 heterocycles. The minimum absolute atomic E-state index is 0.232. The first-order valence-corrected chi connectivity index (χ1v) is 7.89. The molecule has 0 saturated heterocycles. The van der Waals surface area contributed by atoms with Crippen molar-refractivity contribution in [3.05, 3.63) is 41.7 Å². The van der Waals surface area contributed by atoms with Gasteiger partial charge >= 0.3 is 6.03 Å². The summed E-state index contributed by atoms with van der Waals surface area (Å²) < 4.78 is 12.3. The van der Waals surface area contributed by atoms with E-state index in [-0.39, 0.29) is 6.03 Å². The SMILES string of the molecule is COCCn1cc(NC(=O)N(C)CCOc2ccccc2Cl)cn1. The van der Waals surface area contributed by atoms with Gasteiger partial charge < -0.3 is 19.7 Å². The van der Waals surface area contributed by atoms with Crippen LogP contribution in [0.15, 0.2) is 36.7 Å². The highest BCUT2D eigenvalue weighted by atomic mass is 35.5. The molecule has 0 unspecified atom stereocenters. The number of ether oxygens (including phenoxy) is 2. The number of nitrogens with zero attached hydrogens (tertiary/aromatic N) is 3. The first-order chi connectivity index (χ1) is 11.6. The summed E-state index contributed by atoms with van der Waals surface area (Å²) in [7, 11) is 3.33. The Bertz CT molecular complexity index is 662. The molecule has 7 nitrogen and oxygen atoms in total. The summed E-state index contributed by atoms with van der Waals surface area (Å²) in [4.78, 5) is 13.6. The van der Waals surface area contributed by atoms with Gasteiger partial charge in [-0.3, -0.25) is 4.68 Å². The van der Waals surface area contributed by atoms with Crippen LogP contribution in [-0.2, 0) is 11.3 Å². The van der Waals surface area contributed by atoms with Crippen LogP contribution in [0.3, 0.4) is 0 Å². The van der Waals surface area contributed by atoms with Crippen LogP contribution in [0, 0.1) is 0 Å². The van der Waals surface area contributed by atoms with Crippen LogP contribution in [0.25, 0.3) is 0 Å². The van der Waals surface area contributed by atoms with Crippen molar-refractivity contribution in [2.75, 3.05) is 39.2 Å². The number of nitrogens with one attached hydrogen (secondary N) is 1. The van der Waals surface area contributed by atoms with Gasteiger partial charge in [-0.2, -0.15) is 5.10 Å². The minimum atomic E-state index is -0.232. The number of benzene rings is 1. The highest BCUT2D eigenvalue weighted by Crippen LogP contribution is 2.22. The molecule has 1 aromatic carbocycles. The Morgan fingerprint density at radius 2 is 2.17 bits per heavy atom. The molecule has 8 heteroatoms. The molecule has 2 amide bonds. The van der Waals surface area contributed by atoms with Crippen molar-refractivity contribution in [3.8, 4) is 5.75 Å². The van der Waals surface area contributed by atoms with Crippen LogP contribution in [0.5, 0.6) is 5.75 Å². The number of halogens is 1. The largest absolute Gasteiger partial charge is 0.490 e. The molecule has 0 fully saturated rings. The molecule has 1 aromatic heterocycles. The van der Waals surface area contributed by atoms with Gasteiger partial charge in [0, 0.05) is 20.4 Å². The molecule has 0 aliphatic rings. The van der Waals surface area contributed by atoms with Crippen molar-refractivity contribution in [2.45, 2.75) is 6.54 Å². The number of hydrogen-bond acceptors (Lipinski definition) is 4. The van der Waals surface area contributed by atoms with Crippen LogP contribution in [0.1, 0.15) is 0 Å². The zero-order valence-electron chi connectivity index (χ0n) is 13.7. The molecule has 0 aliphatic heterocycles.